The third-order valence-corrected chi connectivity index (χ3v) is 4.34. The third-order valence-electron chi connectivity index (χ3n) is 3.28. The summed E-state index contributed by atoms with van der Waals surface area (Å²) in [7, 11) is 1.61. The highest BCUT2D eigenvalue weighted by atomic mass is 35.5. The standard InChI is InChI=1S/C14H19ClN4O2S/c1-4-5-7-19-10-11(18(3)13(21)17-12(10)20)16-14(19)22-8-6-9(2)15/h6H,4-5,7-8H2,1-3H3,(H,17,20,21). The van der Waals surface area contributed by atoms with Crippen molar-refractivity contribution in [2.75, 3.05) is 5.75 Å². The van der Waals surface area contributed by atoms with Crippen molar-refractivity contribution in [3.8, 4) is 0 Å². The fraction of sp³-hybridized carbons (Fsp3) is 0.500. The number of rotatable bonds is 6. The van der Waals surface area contributed by atoms with Gasteiger partial charge in [-0.25, -0.2) is 9.78 Å². The summed E-state index contributed by atoms with van der Waals surface area (Å²) in [5.74, 6) is 0.663. The molecule has 0 amide bonds. The van der Waals surface area contributed by atoms with Gasteiger partial charge < -0.3 is 4.57 Å². The van der Waals surface area contributed by atoms with Crippen molar-refractivity contribution in [2.45, 2.75) is 38.4 Å². The average Bonchev–Trinajstić information content (AvgIpc) is 2.81. The fourth-order valence-corrected chi connectivity index (χ4v) is 3.22. The van der Waals surface area contributed by atoms with Gasteiger partial charge in [0.1, 0.15) is 0 Å². The van der Waals surface area contributed by atoms with E-state index in [0.29, 0.717) is 28.5 Å². The zero-order valence-corrected chi connectivity index (χ0v) is 14.4. The minimum Gasteiger partial charge on any atom is -0.313 e. The molecule has 0 bridgehead atoms. The summed E-state index contributed by atoms with van der Waals surface area (Å²) < 4.78 is 3.26. The van der Waals surface area contributed by atoms with E-state index in [1.165, 1.54) is 16.3 Å². The van der Waals surface area contributed by atoms with Crippen LogP contribution in [0.15, 0.2) is 25.9 Å². The molecule has 120 valence electrons. The summed E-state index contributed by atoms with van der Waals surface area (Å²) in [6.07, 6.45) is 3.83. The maximum absolute atomic E-state index is 12.2. The van der Waals surface area contributed by atoms with E-state index >= 15 is 0 Å². The van der Waals surface area contributed by atoms with Gasteiger partial charge >= 0.3 is 5.69 Å². The molecule has 0 aliphatic heterocycles. The molecule has 2 aromatic rings. The molecule has 6 nitrogen and oxygen atoms in total. The molecule has 2 rings (SSSR count). The number of imidazole rings is 1. The molecule has 0 unspecified atom stereocenters. The van der Waals surface area contributed by atoms with Crippen molar-refractivity contribution >= 4 is 34.5 Å². The second-order valence-corrected chi connectivity index (χ2v) is 6.58. The van der Waals surface area contributed by atoms with Crippen LogP contribution >= 0.6 is 23.4 Å². The van der Waals surface area contributed by atoms with E-state index in [1.807, 2.05) is 17.6 Å². The molecule has 0 radical (unpaired) electrons. The molecule has 0 aliphatic rings. The molecular weight excluding hydrogens is 324 g/mol. The SMILES string of the molecule is CCCCn1c(SCC=C(C)Cl)nc2c1c(=O)[nH]c(=O)n2C. The first-order valence-corrected chi connectivity index (χ1v) is 8.46. The highest BCUT2D eigenvalue weighted by Gasteiger charge is 2.16. The first kappa shape index (κ1) is 16.9. The van der Waals surface area contributed by atoms with E-state index in [-0.39, 0.29) is 0 Å². The number of thioether (sulfide) groups is 1. The summed E-state index contributed by atoms with van der Waals surface area (Å²) in [6, 6.07) is 0. The quantitative estimate of drug-likeness (QED) is 0.818. The van der Waals surface area contributed by atoms with E-state index in [0.717, 1.165) is 18.0 Å². The van der Waals surface area contributed by atoms with Gasteiger partial charge in [-0.3, -0.25) is 14.3 Å². The van der Waals surface area contributed by atoms with Crippen molar-refractivity contribution in [2.24, 2.45) is 7.05 Å². The van der Waals surface area contributed by atoms with Gasteiger partial charge in [0.2, 0.25) is 0 Å². The van der Waals surface area contributed by atoms with Gasteiger partial charge in [-0.1, -0.05) is 42.8 Å². The fourth-order valence-electron chi connectivity index (χ4n) is 2.08. The number of aryl methyl sites for hydroxylation is 2. The molecular formula is C14H19ClN4O2S. The van der Waals surface area contributed by atoms with Crippen LogP contribution in [0.3, 0.4) is 0 Å². The van der Waals surface area contributed by atoms with E-state index in [1.54, 1.807) is 7.05 Å². The van der Waals surface area contributed by atoms with Crippen LogP contribution in [-0.4, -0.2) is 24.9 Å². The van der Waals surface area contributed by atoms with Gasteiger partial charge in [-0.2, -0.15) is 0 Å². The maximum atomic E-state index is 12.2. The van der Waals surface area contributed by atoms with Gasteiger partial charge in [-0.15, -0.1) is 0 Å². The normalized spacial score (nSPS) is 12.3. The molecule has 2 heterocycles. The molecule has 0 saturated carbocycles. The maximum Gasteiger partial charge on any atom is 0.329 e. The Morgan fingerprint density at radius 3 is 2.82 bits per heavy atom. The van der Waals surface area contributed by atoms with Gasteiger partial charge in [0, 0.05) is 24.4 Å². The summed E-state index contributed by atoms with van der Waals surface area (Å²) in [5.41, 5.74) is 0.0202. The number of allylic oxidation sites excluding steroid dienone is 1. The van der Waals surface area contributed by atoms with Crippen LogP contribution in [0.5, 0.6) is 0 Å². The number of H-pyrrole nitrogens is 1. The Balaban J connectivity index is 2.56. The molecule has 0 fully saturated rings. The average molecular weight is 343 g/mol. The van der Waals surface area contributed by atoms with Crippen molar-refractivity contribution in [3.63, 3.8) is 0 Å². The van der Waals surface area contributed by atoms with Gasteiger partial charge in [-0.05, 0) is 13.3 Å². The third kappa shape index (κ3) is 3.47. The topological polar surface area (TPSA) is 72.7 Å². The van der Waals surface area contributed by atoms with Crippen LogP contribution in [0.1, 0.15) is 26.7 Å². The van der Waals surface area contributed by atoms with Crippen LogP contribution in [0.25, 0.3) is 11.2 Å². The first-order valence-electron chi connectivity index (χ1n) is 7.10. The van der Waals surface area contributed by atoms with Gasteiger partial charge in [0.25, 0.3) is 5.56 Å². The molecule has 22 heavy (non-hydrogen) atoms. The van der Waals surface area contributed by atoms with Gasteiger partial charge in [0.05, 0.1) is 0 Å². The monoisotopic (exact) mass is 342 g/mol. The number of nitrogens with one attached hydrogen (secondary N) is 1. The Morgan fingerprint density at radius 2 is 2.18 bits per heavy atom. The molecule has 1 N–H and O–H groups in total. The zero-order valence-electron chi connectivity index (χ0n) is 12.9. The lowest BCUT2D eigenvalue weighted by Gasteiger charge is -2.06. The first-order chi connectivity index (χ1) is 10.5. The second-order valence-electron chi connectivity index (χ2n) is 4.99. The summed E-state index contributed by atoms with van der Waals surface area (Å²) in [5, 5.41) is 1.44. The molecule has 0 aliphatic carbocycles. The highest BCUT2D eigenvalue weighted by Crippen LogP contribution is 2.22. The number of fused-ring (bicyclic) bond motifs is 1. The Hall–Kier alpha value is -1.47. The summed E-state index contributed by atoms with van der Waals surface area (Å²) in [4.78, 5) is 30.7. The van der Waals surface area contributed by atoms with E-state index in [2.05, 4.69) is 16.9 Å². The lowest BCUT2D eigenvalue weighted by molar-refractivity contribution is 0.600. The molecule has 0 aromatic carbocycles. The molecule has 0 saturated heterocycles. The van der Waals surface area contributed by atoms with Crippen LogP contribution in [0.2, 0.25) is 0 Å². The van der Waals surface area contributed by atoms with Crippen LogP contribution < -0.4 is 11.2 Å². The highest BCUT2D eigenvalue weighted by molar-refractivity contribution is 7.99. The largest absolute Gasteiger partial charge is 0.329 e. The molecule has 0 spiro atoms. The predicted octanol–water partition coefficient (Wildman–Crippen LogP) is 2.46. The number of nitrogens with zero attached hydrogens (tertiary/aromatic N) is 3. The second kappa shape index (κ2) is 7.19. The van der Waals surface area contributed by atoms with Gasteiger partial charge in [0.15, 0.2) is 16.3 Å². The van der Waals surface area contributed by atoms with Crippen LogP contribution in [0.4, 0.5) is 0 Å². The van der Waals surface area contributed by atoms with Crippen LogP contribution in [-0.2, 0) is 13.6 Å². The van der Waals surface area contributed by atoms with E-state index < -0.39 is 11.2 Å². The number of unbranched alkanes of at least 4 members (excludes halogenated alkanes) is 1. The zero-order chi connectivity index (χ0) is 16.3. The number of aromatic amines is 1. The molecule has 8 heteroatoms. The molecule has 0 atom stereocenters. The van der Waals surface area contributed by atoms with Crippen molar-refractivity contribution < 1.29 is 0 Å². The number of hydrogen-bond acceptors (Lipinski definition) is 4. The summed E-state index contributed by atoms with van der Waals surface area (Å²) >= 11 is 7.34. The Kier molecular flexibility index (Phi) is 5.52. The number of aromatic nitrogens is 4. The van der Waals surface area contributed by atoms with Crippen molar-refractivity contribution in [1.29, 1.82) is 0 Å². The number of halogens is 1. The lowest BCUT2D eigenvalue weighted by atomic mass is 10.3. The van der Waals surface area contributed by atoms with E-state index in [4.69, 9.17) is 11.6 Å². The van der Waals surface area contributed by atoms with Crippen molar-refractivity contribution in [1.82, 2.24) is 19.1 Å². The minimum atomic E-state index is -0.453. The van der Waals surface area contributed by atoms with E-state index in [9.17, 15) is 9.59 Å². The summed E-state index contributed by atoms with van der Waals surface area (Å²) in [6.45, 7) is 4.60. The Morgan fingerprint density at radius 1 is 1.45 bits per heavy atom. The number of hydrogen-bond donors (Lipinski definition) is 1. The minimum absolute atomic E-state index is 0.391. The predicted molar refractivity (Wildman–Crippen MR) is 90.8 cm³/mol. The van der Waals surface area contributed by atoms with Crippen LogP contribution in [0, 0.1) is 0 Å². The Bertz CT molecular complexity index is 815. The molecule has 2 aromatic heterocycles. The van der Waals surface area contributed by atoms with Crippen molar-refractivity contribution in [3.05, 3.63) is 31.9 Å². The smallest absolute Gasteiger partial charge is 0.313 e. The Labute approximate surface area is 137 Å². The lowest BCUT2D eigenvalue weighted by Crippen LogP contribution is -2.29.